The number of benzene rings is 1. The van der Waals surface area contributed by atoms with Crippen molar-refractivity contribution < 1.29 is 0 Å². The first-order valence-electron chi connectivity index (χ1n) is 7.66. The molecule has 2 rings (SSSR count). The molecule has 0 radical (unpaired) electrons. The molecule has 1 saturated carbocycles. The molecule has 20 heavy (non-hydrogen) atoms. The van der Waals surface area contributed by atoms with E-state index in [-0.39, 0.29) is 0 Å². The fraction of sp³-hybridized carbons (Fsp3) is 0.647. The van der Waals surface area contributed by atoms with Gasteiger partial charge in [-0.15, -0.1) is 0 Å². The Balaban J connectivity index is 1.92. The van der Waals surface area contributed by atoms with E-state index >= 15 is 0 Å². The minimum Gasteiger partial charge on any atom is -0.312 e. The lowest BCUT2D eigenvalue weighted by molar-refractivity contribution is 0.223. The molecule has 1 N–H and O–H groups in total. The first-order chi connectivity index (χ1) is 9.52. The molecule has 0 unspecified atom stereocenters. The van der Waals surface area contributed by atoms with Gasteiger partial charge in [0.1, 0.15) is 0 Å². The van der Waals surface area contributed by atoms with Crippen LogP contribution in [-0.2, 0) is 6.54 Å². The molecule has 1 aliphatic rings. The van der Waals surface area contributed by atoms with Crippen molar-refractivity contribution in [1.82, 2.24) is 5.32 Å². The second kappa shape index (κ2) is 7.15. The number of nitrogens with one attached hydrogen (secondary N) is 1. The SMILES string of the molecule is CC(C)CC1(CNCc2cccc(Cl)c2Cl)CCCC1. The zero-order valence-corrected chi connectivity index (χ0v) is 14.0. The molecule has 0 aliphatic heterocycles. The number of hydrogen-bond acceptors (Lipinski definition) is 1. The Labute approximate surface area is 133 Å². The summed E-state index contributed by atoms with van der Waals surface area (Å²) in [6.45, 7) is 6.55. The van der Waals surface area contributed by atoms with Gasteiger partial charge in [-0.25, -0.2) is 0 Å². The van der Waals surface area contributed by atoms with Crippen molar-refractivity contribution in [2.24, 2.45) is 11.3 Å². The Morgan fingerprint density at radius 3 is 2.55 bits per heavy atom. The highest BCUT2D eigenvalue weighted by Crippen LogP contribution is 2.42. The van der Waals surface area contributed by atoms with Gasteiger partial charge in [-0.3, -0.25) is 0 Å². The summed E-state index contributed by atoms with van der Waals surface area (Å²) in [5, 5.41) is 4.94. The Hall–Kier alpha value is -0.240. The summed E-state index contributed by atoms with van der Waals surface area (Å²) >= 11 is 12.3. The van der Waals surface area contributed by atoms with Gasteiger partial charge in [0, 0.05) is 13.1 Å². The normalized spacial score (nSPS) is 17.9. The molecule has 0 saturated heterocycles. The average Bonchev–Trinajstić information content (AvgIpc) is 2.82. The number of halogens is 2. The van der Waals surface area contributed by atoms with Crippen LogP contribution in [0.25, 0.3) is 0 Å². The largest absolute Gasteiger partial charge is 0.312 e. The Morgan fingerprint density at radius 1 is 1.20 bits per heavy atom. The number of hydrogen-bond donors (Lipinski definition) is 1. The van der Waals surface area contributed by atoms with E-state index in [4.69, 9.17) is 23.2 Å². The van der Waals surface area contributed by atoms with Crippen molar-refractivity contribution in [3.05, 3.63) is 33.8 Å². The summed E-state index contributed by atoms with van der Waals surface area (Å²) < 4.78 is 0. The number of rotatable bonds is 6. The van der Waals surface area contributed by atoms with Crippen LogP contribution in [0.2, 0.25) is 10.0 Å². The third kappa shape index (κ3) is 4.13. The molecule has 0 heterocycles. The van der Waals surface area contributed by atoms with Crippen molar-refractivity contribution in [2.45, 2.75) is 52.5 Å². The zero-order chi connectivity index (χ0) is 14.6. The van der Waals surface area contributed by atoms with Gasteiger partial charge in [0.2, 0.25) is 0 Å². The molecule has 1 aromatic carbocycles. The summed E-state index contributed by atoms with van der Waals surface area (Å²) in [5.41, 5.74) is 1.59. The van der Waals surface area contributed by atoms with Gasteiger partial charge in [0.05, 0.1) is 10.0 Å². The van der Waals surface area contributed by atoms with E-state index in [1.165, 1.54) is 32.1 Å². The van der Waals surface area contributed by atoms with Gasteiger partial charge in [0.15, 0.2) is 0 Å². The van der Waals surface area contributed by atoms with E-state index < -0.39 is 0 Å². The summed E-state index contributed by atoms with van der Waals surface area (Å²) in [4.78, 5) is 0. The van der Waals surface area contributed by atoms with Crippen LogP contribution < -0.4 is 5.32 Å². The predicted octanol–water partition coefficient (Wildman–Crippen LogP) is 5.69. The van der Waals surface area contributed by atoms with Crippen molar-refractivity contribution >= 4 is 23.2 Å². The van der Waals surface area contributed by atoms with Crippen LogP contribution in [0, 0.1) is 11.3 Å². The highest BCUT2D eigenvalue weighted by Gasteiger charge is 2.33. The highest BCUT2D eigenvalue weighted by atomic mass is 35.5. The quantitative estimate of drug-likeness (QED) is 0.711. The van der Waals surface area contributed by atoms with Gasteiger partial charge in [-0.05, 0) is 42.2 Å². The van der Waals surface area contributed by atoms with Crippen molar-refractivity contribution in [3.63, 3.8) is 0 Å². The van der Waals surface area contributed by atoms with Gasteiger partial charge < -0.3 is 5.32 Å². The molecule has 1 fully saturated rings. The van der Waals surface area contributed by atoms with E-state index in [2.05, 4.69) is 19.2 Å². The Morgan fingerprint density at radius 2 is 1.90 bits per heavy atom. The Kier molecular flexibility index (Phi) is 5.77. The van der Waals surface area contributed by atoms with E-state index in [0.29, 0.717) is 15.5 Å². The molecular weight excluding hydrogens is 289 g/mol. The molecule has 0 bridgehead atoms. The molecule has 0 aromatic heterocycles. The highest BCUT2D eigenvalue weighted by molar-refractivity contribution is 6.42. The van der Waals surface area contributed by atoms with Gasteiger partial charge in [0.25, 0.3) is 0 Å². The maximum atomic E-state index is 6.24. The average molecular weight is 314 g/mol. The van der Waals surface area contributed by atoms with Crippen molar-refractivity contribution in [1.29, 1.82) is 0 Å². The van der Waals surface area contributed by atoms with Crippen LogP contribution >= 0.6 is 23.2 Å². The minimum absolute atomic E-state index is 0.499. The molecule has 1 aromatic rings. The third-order valence-electron chi connectivity index (χ3n) is 4.35. The van der Waals surface area contributed by atoms with Gasteiger partial charge in [-0.1, -0.05) is 62.0 Å². The molecule has 0 amide bonds. The molecule has 0 spiro atoms. The molecular formula is C17H25Cl2N. The third-order valence-corrected chi connectivity index (χ3v) is 5.21. The molecule has 1 aliphatic carbocycles. The summed E-state index contributed by atoms with van der Waals surface area (Å²) in [6, 6.07) is 5.85. The van der Waals surface area contributed by atoms with E-state index in [1.54, 1.807) is 0 Å². The second-order valence-corrected chi connectivity index (χ2v) is 7.41. The van der Waals surface area contributed by atoms with E-state index in [9.17, 15) is 0 Å². The lowest BCUT2D eigenvalue weighted by Crippen LogP contribution is -2.33. The maximum absolute atomic E-state index is 6.24. The first-order valence-corrected chi connectivity index (χ1v) is 8.42. The first kappa shape index (κ1) is 16.1. The summed E-state index contributed by atoms with van der Waals surface area (Å²) in [7, 11) is 0. The van der Waals surface area contributed by atoms with Crippen LogP contribution in [0.5, 0.6) is 0 Å². The van der Waals surface area contributed by atoms with E-state index in [1.807, 2.05) is 18.2 Å². The molecule has 3 heteroatoms. The summed E-state index contributed by atoms with van der Waals surface area (Å²) in [6.07, 6.45) is 6.81. The maximum Gasteiger partial charge on any atom is 0.0637 e. The van der Waals surface area contributed by atoms with Gasteiger partial charge in [-0.2, -0.15) is 0 Å². The van der Waals surface area contributed by atoms with E-state index in [0.717, 1.165) is 24.6 Å². The lowest BCUT2D eigenvalue weighted by Gasteiger charge is -2.31. The fourth-order valence-corrected chi connectivity index (χ4v) is 3.98. The Bertz CT molecular complexity index is 437. The molecule has 1 nitrogen and oxygen atoms in total. The standard InChI is InChI=1S/C17H25Cl2N/c1-13(2)10-17(8-3-4-9-17)12-20-11-14-6-5-7-15(18)16(14)19/h5-7,13,20H,3-4,8-12H2,1-2H3. The zero-order valence-electron chi connectivity index (χ0n) is 12.5. The predicted molar refractivity (Wildman–Crippen MR) is 88.5 cm³/mol. The van der Waals surface area contributed by atoms with Crippen LogP contribution in [0.15, 0.2) is 18.2 Å². The van der Waals surface area contributed by atoms with Gasteiger partial charge >= 0.3 is 0 Å². The van der Waals surface area contributed by atoms with Crippen LogP contribution in [0.4, 0.5) is 0 Å². The monoisotopic (exact) mass is 313 g/mol. The van der Waals surface area contributed by atoms with Crippen molar-refractivity contribution in [2.75, 3.05) is 6.54 Å². The molecule has 0 atom stereocenters. The van der Waals surface area contributed by atoms with Crippen LogP contribution in [0.1, 0.15) is 51.5 Å². The smallest absolute Gasteiger partial charge is 0.0637 e. The fourth-order valence-electron chi connectivity index (χ4n) is 3.59. The second-order valence-electron chi connectivity index (χ2n) is 6.62. The lowest BCUT2D eigenvalue weighted by atomic mass is 9.78. The minimum atomic E-state index is 0.499. The topological polar surface area (TPSA) is 12.0 Å². The molecule has 112 valence electrons. The van der Waals surface area contributed by atoms with Crippen LogP contribution in [-0.4, -0.2) is 6.54 Å². The summed E-state index contributed by atoms with van der Waals surface area (Å²) in [5.74, 6) is 0.768. The van der Waals surface area contributed by atoms with Crippen LogP contribution in [0.3, 0.4) is 0 Å². The van der Waals surface area contributed by atoms with Crippen molar-refractivity contribution in [3.8, 4) is 0 Å².